The first-order valence-electron chi connectivity index (χ1n) is 11.6. The molecule has 220 valence electrons. The lowest BCUT2D eigenvalue weighted by atomic mass is 9.90. The van der Waals surface area contributed by atoms with Gasteiger partial charge in [-0.15, -0.1) is 5.10 Å². The van der Waals surface area contributed by atoms with Gasteiger partial charge < -0.3 is 24.7 Å². The molecule has 1 aromatic heterocycles. The Bertz CT molecular complexity index is 986. The summed E-state index contributed by atoms with van der Waals surface area (Å²) in [6.07, 6.45) is -7.59. The van der Waals surface area contributed by atoms with Gasteiger partial charge in [0.2, 0.25) is 5.91 Å². The fourth-order valence-electron chi connectivity index (χ4n) is 3.80. The third-order valence-electron chi connectivity index (χ3n) is 5.95. The number of hydrogen-bond donors (Lipinski definition) is 2. The number of aromatic nitrogens is 2. The molecule has 1 saturated carbocycles. The van der Waals surface area contributed by atoms with E-state index >= 15 is 0 Å². The summed E-state index contributed by atoms with van der Waals surface area (Å²) in [6.45, 7) is 5.89. The molecule has 1 aliphatic carbocycles. The van der Waals surface area contributed by atoms with Crippen LogP contribution < -0.4 is 4.90 Å². The quantitative estimate of drug-likeness (QED) is 0.514. The normalized spacial score (nSPS) is 20.5. The summed E-state index contributed by atoms with van der Waals surface area (Å²) in [4.78, 5) is 36.6. The summed E-state index contributed by atoms with van der Waals surface area (Å²) in [5.41, 5.74) is 0.749. The molecular formula is C22H29F6N5O6. The third kappa shape index (κ3) is 9.49. The van der Waals surface area contributed by atoms with E-state index in [9.17, 15) is 31.1 Å². The van der Waals surface area contributed by atoms with E-state index in [2.05, 4.69) is 20.0 Å². The van der Waals surface area contributed by atoms with Crippen LogP contribution in [-0.4, -0.2) is 119 Å². The first kappa shape index (κ1) is 32.0. The number of morpholine rings is 1. The number of carboxylic acid groups (broad SMARTS) is 2. The number of aryl methyl sites for hydroxylation is 1. The van der Waals surface area contributed by atoms with Crippen molar-refractivity contribution in [2.75, 3.05) is 51.8 Å². The van der Waals surface area contributed by atoms with Gasteiger partial charge in [-0.3, -0.25) is 9.69 Å². The Balaban J connectivity index is 0.000000317. The maximum atomic E-state index is 12.5. The van der Waals surface area contributed by atoms with Gasteiger partial charge in [-0.1, -0.05) is 0 Å². The van der Waals surface area contributed by atoms with Crippen molar-refractivity contribution in [3.8, 4) is 0 Å². The molecule has 11 nitrogen and oxygen atoms in total. The van der Waals surface area contributed by atoms with E-state index in [1.807, 2.05) is 33.2 Å². The molecule has 0 radical (unpaired) electrons. The molecule has 1 spiro atoms. The second-order valence-corrected chi connectivity index (χ2v) is 9.61. The van der Waals surface area contributed by atoms with Gasteiger partial charge in [0, 0.05) is 27.2 Å². The highest BCUT2D eigenvalue weighted by molar-refractivity contribution is 5.81. The Kier molecular flexibility index (Phi) is 10.1. The topological polar surface area (TPSA) is 136 Å². The lowest BCUT2D eigenvalue weighted by Gasteiger charge is -2.56. The predicted octanol–water partition coefficient (Wildman–Crippen LogP) is 1.81. The highest BCUT2D eigenvalue weighted by atomic mass is 19.4. The lowest BCUT2D eigenvalue weighted by Crippen LogP contribution is -2.73. The van der Waals surface area contributed by atoms with Crippen LogP contribution in [0.5, 0.6) is 0 Å². The number of likely N-dealkylation sites (N-methyl/N-ethyl adjacent to an activating group) is 1. The average Bonchev–Trinajstić information content (AvgIpc) is 3.61. The zero-order valence-corrected chi connectivity index (χ0v) is 21.3. The zero-order valence-electron chi connectivity index (χ0n) is 21.3. The molecule has 1 atom stereocenters. The molecule has 2 aliphatic heterocycles. The highest BCUT2D eigenvalue weighted by Crippen LogP contribution is 2.37. The minimum absolute atomic E-state index is 0.144. The smallest absolute Gasteiger partial charge is 0.475 e. The number of carbonyl (C=O) groups is 3. The van der Waals surface area contributed by atoms with Crippen LogP contribution in [0.4, 0.5) is 32.2 Å². The Morgan fingerprint density at radius 3 is 1.90 bits per heavy atom. The Labute approximate surface area is 219 Å². The number of nitrogens with zero attached hydrogens (tertiary/aromatic N) is 5. The lowest BCUT2D eigenvalue weighted by molar-refractivity contribution is -0.193. The van der Waals surface area contributed by atoms with Crippen molar-refractivity contribution >= 4 is 23.7 Å². The molecule has 2 saturated heterocycles. The standard InChI is InChI=1S/C18H27N5O2.2C2HF3O2/c1-13-4-7-16(20-19-13)23-11-18(12-23)10-22(8-14-5-6-14)15(9-25-18)17(24)21(2)3;2*3-2(4,5)1(6)7/h4,7,14-15H,5-6,8-12H2,1-3H3;2*(H,6,7). The number of halogens is 6. The number of anilines is 1. The minimum Gasteiger partial charge on any atom is -0.475 e. The van der Waals surface area contributed by atoms with Gasteiger partial charge in [0.25, 0.3) is 0 Å². The number of rotatable bonds is 4. The first-order valence-corrected chi connectivity index (χ1v) is 11.6. The summed E-state index contributed by atoms with van der Waals surface area (Å²) < 4.78 is 69.7. The molecule has 1 amide bonds. The van der Waals surface area contributed by atoms with Crippen molar-refractivity contribution in [3.63, 3.8) is 0 Å². The molecule has 1 aromatic rings. The molecule has 3 heterocycles. The number of alkyl halides is 6. The molecule has 0 aromatic carbocycles. The van der Waals surface area contributed by atoms with Crippen LogP contribution >= 0.6 is 0 Å². The van der Waals surface area contributed by atoms with Gasteiger partial charge >= 0.3 is 24.3 Å². The number of hydrogen-bond acceptors (Lipinski definition) is 8. The van der Waals surface area contributed by atoms with Gasteiger partial charge in [0.05, 0.1) is 25.4 Å². The fraction of sp³-hybridized carbons (Fsp3) is 0.682. The van der Waals surface area contributed by atoms with Crippen LogP contribution in [-0.2, 0) is 19.1 Å². The summed E-state index contributed by atoms with van der Waals surface area (Å²) in [7, 11) is 3.65. The van der Waals surface area contributed by atoms with Gasteiger partial charge in [-0.2, -0.15) is 31.4 Å². The summed E-state index contributed by atoms with van der Waals surface area (Å²) >= 11 is 0. The summed E-state index contributed by atoms with van der Waals surface area (Å²) in [5, 5.41) is 22.7. The number of ether oxygens (including phenoxy) is 1. The van der Waals surface area contributed by atoms with Crippen LogP contribution in [0, 0.1) is 12.8 Å². The summed E-state index contributed by atoms with van der Waals surface area (Å²) in [6, 6.07) is 3.85. The SMILES string of the molecule is Cc1ccc(N2CC3(C2)CN(CC2CC2)C(C(=O)N(C)C)CO3)nn1.O=C(O)C(F)(F)F.O=C(O)C(F)(F)F. The Hall–Kier alpha value is -3.21. The molecule has 2 N–H and O–H groups in total. The van der Waals surface area contributed by atoms with Crippen molar-refractivity contribution in [1.82, 2.24) is 20.0 Å². The zero-order chi connectivity index (χ0) is 29.8. The number of carboxylic acids is 2. The van der Waals surface area contributed by atoms with Crippen LogP contribution in [0.25, 0.3) is 0 Å². The minimum atomic E-state index is -5.08. The van der Waals surface area contributed by atoms with Crippen LogP contribution in [0.1, 0.15) is 18.5 Å². The molecule has 0 bridgehead atoms. The van der Waals surface area contributed by atoms with Gasteiger partial charge in [-0.25, -0.2) is 9.59 Å². The van der Waals surface area contributed by atoms with E-state index in [1.54, 1.807) is 4.90 Å². The van der Waals surface area contributed by atoms with E-state index < -0.39 is 24.3 Å². The molecule has 17 heteroatoms. The fourth-order valence-corrected chi connectivity index (χ4v) is 3.80. The maximum absolute atomic E-state index is 12.5. The van der Waals surface area contributed by atoms with E-state index in [0.29, 0.717) is 6.61 Å². The van der Waals surface area contributed by atoms with Crippen LogP contribution in [0.2, 0.25) is 0 Å². The van der Waals surface area contributed by atoms with Crippen molar-refractivity contribution in [1.29, 1.82) is 0 Å². The van der Waals surface area contributed by atoms with Crippen LogP contribution in [0.3, 0.4) is 0 Å². The van der Waals surface area contributed by atoms with E-state index in [0.717, 1.165) is 43.6 Å². The molecule has 1 unspecified atom stereocenters. The Morgan fingerprint density at radius 1 is 1.00 bits per heavy atom. The average molecular weight is 573 g/mol. The number of aliphatic carboxylic acids is 2. The third-order valence-corrected chi connectivity index (χ3v) is 5.95. The van der Waals surface area contributed by atoms with E-state index in [1.165, 1.54) is 12.8 Å². The van der Waals surface area contributed by atoms with Gasteiger partial charge in [0.15, 0.2) is 5.82 Å². The Morgan fingerprint density at radius 2 is 1.51 bits per heavy atom. The van der Waals surface area contributed by atoms with Gasteiger partial charge in [-0.05, 0) is 37.8 Å². The predicted molar refractivity (Wildman–Crippen MR) is 122 cm³/mol. The molecule has 3 aliphatic rings. The number of amides is 1. The second-order valence-electron chi connectivity index (χ2n) is 9.61. The van der Waals surface area contributed by atoms with E-state index in [4.69, 9.17) is 24.5 Å². The molecule has 4 rings (SSSR count). The first-order chi connectivity index (χ1) is 17.8. The second kappa shape index (κ2) is 12.3. The van der Waals surface area contributed by atoms with Crippen molar-refractivity contribution in [2.24, 2.45) is 5.92 Å². The molecular weight excluding hydrogens is 544 g/mol. The summed E-state index contributed by atoms with van der Waals surface area (Å²) in [5.74, 6) is -3.71. The van der Waals surface area contributed by atoms with Crippen molar-refractivity contribution in [3.05, 3.63) is 17.8 Å². The highest BCUT2D eigenvalue weighted by Gasteiger charge is 2.52. The van der Waals surface area contributed by atoms with Crippen molar-refractivity contribution in [2.45, 2.75) is 43.8 Å². The molecule has 3 fully saturated rings. The molecule has 39 heavy (non-hydrogen) atoms. The monoisotopic (exact) mass is 573 g/mol. The van der Waals surface area contributed by atoms with Gasteiger partial charge in [0.1, 0.15) is 11.6 Å². The van der Waals surface area contributed by atoms with E-state index in [-0.39, 0.29) is 17.6 Å². The van der Waals surface area contributed by atoms with Crippen molar-refractivity contribution < 1.29 is 55.7 Å². The van der Waals surface area contributed by atoms with Crippen LogP contribution in [0.15, 0.2) is 12.1 Å². The maximum Gasteiger partial charge on any atom is 0.490 e. The largest absolute Gasteiger partial charge is 0.490 e. The number of carbonyl (C=O) groups excluding carboxylic acids is 1.